The fraction of sp³-hybridized carbons (Fsp3) is 0.227. The number of aliphatic imine (C=N–C) groups is 1. The zero-order valence-corrected chi connectivity index (χ0v) is 19.1. The average Bonchev–Trinajstić information content (AvgIpc) is 2.99. The van der Waals surface area contributed by atoms with Gasteiger partial charge in [0.15, 0.2) is 5.17 Å². The molecule has 0 bridgehead atoms. The molecule has 1 N–H and O–H groups in total. The molecule has 0 aromatic heterocycles. The molecular weight excluding hydrogens is 441 g/mol. The summed E-state index contributed by atoms with van der Waals surface area (Å²) in [6.45, 7) is 5.77. The van der Waals surface area contributed by atoms with E-state index in [9.17, 15) is 9.59 Å². The molecule has 5 nitrogen and oxygen atoms in total. The third-order valence-electron chi connectivity index (χ3n) is 4.18. The number of amidine groups is 1. The monoisotopic (exact) mass is 461 g/mol. The molecule has 0 saturated carbocycles. The lowest BCUT2D eigenvalue weighted by atomic mass is 10.2. The number of aryl methyl sites for hydroxylation is 1. The van der Waals surface area contributed by atoms with Gasteiger partial charge >= 0.3 is 0 Å². The highest BCUT2D eigenvalue weighted by atomic mass is 35.5. The molecule has 2 amide bonds. The molecule has 0 unspecified atom stereocenters. The first-order chi connectivity index (χ1) is 14.3. The third-order valence-corrected chi connectivity index (χ3v) is 5.95. The molecule has 2 aromatic carbocycles. The van der Waals surface area contributed by atoms with Crippen molar-refractivity contribution in [2.45, 2.75) is 26.8 Å². The highest BCUT2D eigenvalue weighted by Gasteiger charge is 2.32. The lowest BCUT2D eigenvalue weighted by molar-refractivity contribution is -0.119. The quantitative estimate of drug-likeness (QED) is 0.614. The first-order valence-corrected chi connectivity index (χ1v) is 11.1. The van der Waals surface area contributed by atoms with E-state index in [0.717, 1.165) is 5.56 Å². The molecule has 2 aromatic rings. The van der Waals surface area contributed by atoms with Crippen molar-refractivity contribution in [2.75, 3.05) is 10.7 Å². The third kappa shape index (κ3) is 5.25. The predicted octanol–water partition coefficient (Wildman–Crippen LogP) is 5.30. The summed E-state index contributed by atoms with van der Waals surface area (Å²) in [5.74, 6) is -0.260. The number of halogens is 2. The maximum Gasteiger partial charge on any atom is 0.283 e. The molecule has 0 radical (unpaired) electrons. The molecule has 0 atom stereocenters. The van der Waals surface area contributed by atoms with Crippen LogP contribution in [-0.4, -0.2) is 28.8 Å². The number of nitrogens with one attached hydrogen (secondary N) is 1. The summed E-state index contributed by atoms with van der Waals surface area (Å²) >= 11 is 13.6. The lowest BCUT2D eigenvalue weighted by Gasteiger charge is -2.18. The van der Waals surface area contributed by atoms with Crippen LogP contribution in [0.1, 0.15) is 25.0 Å². The van der Waals surface area contributed by atoms with E-state index in [4.69, 9.17) is 23.2 Å². The van der Waals surface area contributed by atoms with Crippen LogP contribution in [0.5, 0.6) is 0 Å². The molecule has 3 rings (SSSR count). The first-order valence-electron chi connectivity index (χ1n) is 9.34. The number of anilines is 1. The van der Waals surface area contributed by atoms with Gasteiger partial charge < -0.3 is 5.32 Å². The van der Waals surface area contributed by atoms with Gasteiger partial charge in [-0.3, -0.25) is 14.5 Å². The second-order valence-electron chi connectivity index (χ2n) is 7.05. The van der Waals surface area contributed by atoms with Gasteiger partial charge in [-0.15, -0.1) is 0 Å². The Hall–Kier alpha value is -2.28. The van der Waals surface area contributed by atoms with Gasteiger partial charge in [0.25, 0.3) is 5.91 Å². The van der Waals surface area contributed by atoms with Gasteiger partial charge in [0, 0.05) is 6.04 Å². The second-order valence-corrected chi connectivity index (χ2v) is 8.78. The normalized spacial score (nSPS) is 15.1. The van der Waals surface area contributed by atoms with Crippen molar-refractivity contribution < 1.29 is 9.59 Å². The summed E-state index contributed by atoms with van der Waals surface area (Å²) in [4.78, 5) is 31.3. The summed E-state index contributed by atoms with van der Waals surface area (Å²) < 4.78 is 0. The van der Waals surface area contributed by atoms with Gasteiger partial charge in [-0.2, -0.15) is 0 Å². The maximum absolute atomic E-state index is 13.2. The minimum Gasteiger partial charge on any atom is -0.353 e. The summed E-state index contributed by atoms with van der Waals surface area (Å²) in [7, 11) is 0. The van der Waals surface area contributed by atoms with Crippen LogP contribution < -0.4 is 10.2 Å². The van der Waals surface area contributed by atoms with Crippen molar-refractivity contribution in [2.24, 2.45) is 4.99 Å². The number of amides is 2. The van der Waals surface area contributed by atoms with E-state index in [1.54, 1.807) is 24.3 Å². The van der Waals surface area contributed by atoms with Gasteiger partial charge in [-0.1, -0.05) is 64.8 Å². The number of carbonyl (C=O) groups excluding carboxylic acids is 2. The van der Waals surface area contributed by atoms with E-state index in [1.807, 2.05) is 45.0 Å². The largest absolute Gasteiger partial charge is 0.353 e. The molecule has 8 heteroatoms. The van der Waals surface area contributed by atoms with E-state index in [2.05, 4.69) is 10.3 Å². The lowest BCUT2D eigenvalue weighted by Crippen LogP contribution is -2.34. The molecule has 1 aliphatic rings. The van der Waals surface area contributed by atoms with Crippen LogP contribution in [0.4, 0.5) is 5.69 Å². The highest BCUT2D eigenvalue weighted by Crippen LogP contribution is 2.32. The Morgan fingerprint density at radius 3 is 2.57 bits per heavy atom. The Morgan fingerprint density at radius 2 is 1.90 bits per heavy atom. The van der Waals surface area contributed by atoms with Crippen LogP contribution in [0.3, 0.4) is 0 Å². The van der Waals surface area contributed by atoms with Gasteiger partial charge in [0.1, 0.15) is 5.70 Å². The number of hydrogen-bond acceptors (Lipinski definition) is 4. The molecule has 30 heavy (non-hydrogen) atoms. The van der Waals surface area contributed by atoms with Crippen molar-refractivity contribution >= 4 is 63.7 Å². The number of carbonyl (C=O) groups is 2. The minimum atomic E-state index is -0.290. The Kier molecular flexibility index (Phi) is 7.23. The Bertz CT molecular complexity index is 1030. The van der Waals surface area contributed by atoms with Crippen molar-refractivity contribution in [3.05, 3.63) is 69.3 Å². The number of hydrogen-bond donors (Lipinski definition) is 1. The number of rotatable bonds is 5. The van der Waals surface area contributed by atoms with E-state index in [0.29, 0.717) is 26.5 Å². The van der Waals surface area contributed by atoms with Crippen LogP contribution in [0, 0.1) is 6.92 Å². The SMILES string of the molecule is Cc1ccc(N2C(=O)/C(=C\c3cccc(Cl)c3Cl)N=C2SCC(=O)NC(C)C)cc1. The Balaban J connectivity index is 1.94. The summed E-state index contributed by atoms with van der Waals surface area (Å²) in [5.41, 5.74) is 2.59. The predicted molar refractivity (Wildman–Crippen MR) is 126 cm³/mol. The van der Waals surface area contributed by atoms with Gasteiger partial charge in [0.05, 0.1) is 21.5 Å². The van der Waals surface area contributed by atoms with Crippen LogP contribution in [0.25, 0.3) is 6.08 Å². The van der Waals surface area contributed by atoms with Crippen LogP contribution in [0.15, 0.2) is 53.2 Å². The Labute approximate surface area is 190 Å². The maximum atomic E-state index is 13.2. The summed E-state index contributed by atoms with van der Waals surface area (Å²) in [6, 6.07) is 12.8. The summed E-state index contributed by atoms with van der Waals surface area (Å²) in [5, 5.41) is 4.03. The number of nitrogens with zero attached hydrogens (tertiary/aromatic N) is 2. The zero-order valence-electron chi connectivity index (χ0n) is 16.8. The topological polar surface area (TPSA) is 61.8 Å². The molecule has 0 fully saturated rings. The van der Waals surface area contributed by atoms with Crippen molar-refractivity contribution in [1.82, 2.24) is 5.32 Å². The highest BCUT2D eigenvalue weighted by molar-refractivity contribution is 8.14. The van der Waals surface area contributed by atoms with Crippen molar-refractivity contribution in [3.8, 4) is 0 Å². The minimum absolute atomic E-state index is 0.0406. The number of benzene rings is 2. The number of thioether (sulfide) groups is 1. The van der Waals surface area contributed by atoms with E-state index >= 15 is 0 Å². The van der Waals surface area contributed by atoms with Gasteiger partial charge in [0.2, 0.25) is 5.91 Å². The standard InChI is InChI=1S/C22H21Cl2N3O2S/c1-13(2)25-19(28)12-30-22-26-18(11-15-5-4-6-17(23)20(15)24)21(29)27(22)16-9-7-14(3)8-10-16/h4-11,13H,12H2,1-3H3,(H,25,28)/b18-11+. The molecule has 156 valence electrons. The molecule has 0 spiro atoms. The molecule has 1 aliphatic heterocycles. The molecular formula is C22H21Cl2N3O2S. The van der Waals surface area contributed by atoms with Gasteiger partial charge in [-0.05, 0) is 50.6 Å². The van der Waals surface area contributed by atoms with Crippen LogP contribution >= 0.6 is 35.0 Å². The average molecular weight is 462 g/mol. The summed E-state index contributed by atoms with van der Waals surface area (Å²) in [6.07, 6.45) is 1.61. The Morgan fingerprint density at radius 1 is 1.20 bits per heavy atom. The van der Waals surface area contributed by atoms with Crippen LogP contribution in [-0.2, 0) is 9.59 Å². The molecule has 0 saturated heterocycles. The van der Waals surface area contributed by atoms with Crippen molar-refractivity contribution in [3.63, 3.8) is 0 Å². The van der Waals surface area contributed by atoms with Crippen LogP contribution in [0.2, 0.25) is 10.0 Å². The second kappa shape index (κ2) is 9.69. The fourth-order valence-corrected chi connectivity index (χ4v) is 3.97. The smallest absolute Gasteiger partial charge is 0.283 e. The molecule has 1 heterocycles. The first kappa shape index (κ1) is 22.4. The zero-order chi connectivity index (χ0) is 21.8. The fourth-order valence-electron chi connectivity index (χ4n) is 2.79. The van der Waals surface area contributed by atoms with E-state index in [-0.39, 0.29) is 29.3 Å². The van der Waals surface area contributed by atoms with E-state index in [1.165, 1.54) is 16.7 Å². The van der Waals surface area contributed by atoms with Gasteiger partial charge in [-0.25, -0.2) is 4.99 Å². The van der Waals surface area contributed by atoms with Crippen molar-refractivity contribution in [1.29, 1.82) is 0 Å². The molecule has 0 aliphatic carbocycles. The van der Waals surface area contributed by atoms with E-state index < -0.39 is 0 Å².